The van der Waals surface area contributed by atoms with Crippen molar-refractivity contribution in [2.75, 3.05) is 4.90 Å². The summed E-state index contributed by atoms with van der Waals surface area (Å²) in [6.45, 7) is 0. The summed E-state index contributed by atoms with van der Waals surface area (Å²) in [6, 6.07) is 76.0. The number of hydrogen-bond donors (Lipinski definition) is 0. The van der Waals surface area contributed by atoms with Gasteiger partial charge >= 0.3 is 0 Å². The van der Waals surface area contributed by atoms with Crippen molar-refractivity contribution in [1.29, 1.82) is 0 Å². The second kappa shape index (κ2) is 13.4. The number of furan rings is 1. The summed E-state index contributed by atoms with van der Waals surface area (Å²) < 4.78 is 6.21. The van der Waals surface area contributed by atoms with E-state index in [0.29, 0.717) is 0 Å². The Kier molecular flexibility index (Phi) is 7.85. The Morgan fingerprint density at radius 2 is 0.870 bits per heavy atom. The molecule has 2 nitrogen and oxygen atoms in total. The lowest BCUT2D eigenvalue weighted by molar-refractivity contribution is 0.669. The van der Waals surface area contributed by atoms with E-state index in [1.165, 1.54) is 38.6 Å². The monoisotopic (exact) mass is 689 g/mol. The van der Waals surface area contributed by atoms with Crippen molar-refractivity contribution in [2.45, 2.75) is 0 Å². The molecule has 9 aromatic carbocycles. The predicted octanol–water partition coefficient (Wildman–Crippen LogP) is 14.9. The fourth-order valence-corrected chi connectivity index (χ4v) is 7.84. The number of hydrogen-bond acceptors (Lipinski definition) is 2. The van der Waals surface area contributed by atoms with E-state index in [0.717, 1.165) is 55.7 Å². The van der Waals surface area contributed by atoms with Crippen LogP contribution in [0.5, 0.6) is 0 Å². The number of benzene rings is 9. The number of rotatable bonds is 7. The summed E-state index contributed by atoms with van der Waals surface area (Å²) in [7, 11) is 0. The van der Waals surface area contributed by atoms with Crippen molar-refractivity contribution in [3.05, 3.63) is 212 Å². The van der Waals surface area contributed by atoms with E-state index in [1.54, 1.807) is 0 Å². The zero-order chi connectivity index (χ0) is 35.8. The van der Waals surface area contributed by atoms with Crippen LogP contribution in [-0.2, 0) is 0 Å². The van der Waals surface area contributed by atoms with Gasteiger partial charge < -0.3 is 9.32 Å². The molecule has 0 saturated heterocycles. The second-order valence-electron chi connectivity index (χ2n) is 13.7. The van der Waals surface area contributed by atoms with Crippen molar-refractivity contribution in [1.82, 2.24) is 0 Å². The molecule has 0 aliphatic rings. The van der Waals surface area contributed by atoms with E-state index < -0.39 is 0 Å². The Hall–Kier alpha value is -7.16. The first kappa shape index (κ1) is 31.6. The summed E-state index contributed by atoms with van der Waals surface area (Å²) in [5.74, 6) is 0. The van der Waals surface area contributed by atoms with Gasteiger partial charge in [-0.3, -0.25) is 0 Å². The summed E-state index contributed by atoms with van der Waals surface area (Å²) in [5.41, 5.74) is 14.5. The van der Waals surface area contributed by atoms with Crippen molar-refractivity contribution < 1.29 is 4.42 Å². The first-order chi connectivity index (χ1) is 26.8. The molecular weight excluding hydrogens is 655 g/mol. The fourth-order valence-electron chi connectivity index (χ4n) is 7.84. The van der Waals surface area contributed by atoms with Crippen molar-refractivity contribution in [2.24, 2.45) is 0 Å². The molecule has 0 fully saturated rings. The normalized spacial score (nSPS) is 11.3. The van der Waals surface area contributed by atoms with E-state index in [9.17, 15) is 0 Å². The molecule has 0 amide bonds. The zero-order valence-corrected chi connectivity index (χ0v) is 29.6. The number of anilines is 3. The summed E-state index contributed by atoms with van der Waals surface area (Å²) in [5, 5.41) is 4.74. The van der Waals surface area contributed by atoms with Gasteiger partial charge in [-0.25, -0.2) is 0 Å². The van der Waals surface area contributed by atoms with Crippen molar-refractivity contribution in [3.8, 4) is 44.5 Å². The molecule has 2 heteroatoms. The summed E-state index contributed by atoms with van der Waals surface area (Å²) in [6.07, 6.45) is 0. The van der Waals surface area contributed by atoms with Crippen LogP contribution in [0.2, 0.25) is 0 Å². The highest BCUT2D eigenvalue weighted by molar-refractivity contribution is 6.07. The lowest BCUT2D eigenvalue weighted by Crippen LogP contribution is -2.11. The van der Waals surface area contributed by atoms with E-state index >= 15 is 0 Å². The van der Waals surface area contributed by atoms with Gasteiger partial charge in [-0.2, -0.15) is 0 Å². The van der Waals surface area contributed by atoms with Crippen molar-refractivity contribution in [3.63, 3.8) is 0 Å². The minimum Gasteiger partial charge on any atom is -0.456 e. The second-order valence-corrected chi connectivity index (χ2v) is 13.7. The number of para-hydroxylation sites is 2. The Balaban J connectivity index is 1.12. The lowest BCUT2D eigenvalue weighted by Gasteiger charge is -2.28. The zero-order valence-electron chi connectivity index (χ0n) is 29.6. The molecule has 0 bridgehead atoms. The molecule has 0 spiro atoms. The average Bonchev–Trinajstić information content (AvgIpc) is 3.63. The maximum absolute atomic E-state index is 6.21. The molecule has 254 valence electrons. The Labute approximate surface area is 314 Å². The van der Waals surface area contributed by atoms with E-state index in [2.05, 4.69) is 205 Å². The quantitative estimate of drug-likeness (QED) is 0.166. The Morgan fingerprint density at radius 1 is 0.296 bits per heavy atom. The highest BCUT2D eigenvalue weighted by Crippen LogP contribution is 2.44. The van der Waals surface area contributed by atoms with Gasteiger partial charge in [-0.1, -0.05) is 158 Å². The topological polar surface area (TPSA) is 16.4 Å². The minimum atomic E-state index is 0.893. The van der Waals surface area contributed by atoms with Gasteiger partial charge in [0.1, 0.15) is 11.2 Å². The van der Waals surface area contributed by atoms with Gasteiger partial charge in [0.05, 0.1) is 5.69 Å². The van der Waals surface area contributed by atoms with Crippen LogP contribution in [0, 0.1) is 0 Å². The highest BCUT2D eigenvalue weighted by Gasteiger charge is 2.19. The maximum atomic E-state index is 6.21. The third-order valence-corrected chi connectivity index (χ3v) is 10.5. The summed E-state index contributed by atoms with van der Waals surface area (Å²) >= 11 is 0. The van der Waals surface area contributed by atoms with Crippen LogP contribution in [0.4, 0.5) is 17.1 Å². The van der Waals surface area contributed by atoms with Crippen LogP contribution in [0.3, 0.4) is 0 Å². The van der Waals surface area contributed by atoms with Crippen LogP contribution >= 0.6 is 0 Å². The molecule has 54 heavy (non-hydrogen) atoms. The third kappa shape index (κ3) is 5.71. The van der Waals surface area contributed by atoms with Gasteiger partial charge in [0.25, 0.3) is 0 Å². The first-order valence-corrected chi connectivity index (χ1v) is 18.4. The SMILES string of the molecule is c1ccc(-c2ccc(N(c3cccc(-c4cccc(-c5cccc6ccccc56)c4)c3)c3ccccc3-c3ccc4oc5ccccc5c4c3)cc2)cc1. The molecule has 0 aliphatic carbocycles. The van der Waals surface area contributed by atoms with Crippen LogP contribution in [-0.4, -0.2) is 0 Å². The van der Waals surface area contributed by atoms with Gasteiger partial charge in [-0.15, -0.1) is 0 Å². The highest BCUT2D eigenvalue weighted by atomic mass is 16.3. The maximum Gasteiger partial charge on any atom is 0.135 e. The van der Waals surface area contributed by atoms with Gasteiger partial charge in [-0.05, 0) is 104 Å². The Bertz CT molecular complexity index is 2930. The van der Waals surface area contributed by atoms with Crippen LogP contribution in [0.15, 0.2) is 217 Å². The number of fused-ring (bicyclic) bond motifs is 4. The smallest absolute Gasteiger partial charge is 0.135 e. The largest absolute Gasteiger partial charge is 0.456 e. The molecule has 10 rings (SSSR count). The van der Waals surface area contributed by atoms with Gasteiger partial charge in [0.2, 0.25) is 0 Å². The van der Waals surface area contributed by atoms with Crippen LogP contribution in [0.25, 0.3) is 77.2 Å². The first-order valence-electron chi connectivity index (χ1n) is 18.4. The number of nitrogens with zero attached hydrogens (tertiary/aromatic N) is 1. The van der Waals surface area contributed by atoms with Gasteiger partial charge in [0, 0.05) is 27.7 Å². The van der Waals surface area contributed by atoms with Crippen LogP contribution < -0.4 is 4.90 Å². The van der Waals surface area contributed by atoms with Crippen molar-refractivity contribution >= 4 is 49.8 Å². The molecule has 0 saturated carbocycles. The minimum absolute atomic E-state index is 0.893. The lowest BCUT2D eigenvalue weighted by atomic mass is 9.95. The molecule has 0 unspecified atom stereocenters. The third-order valence-electron chi connectivity index (χ3n) is 10.5. The van der Waals surface area contributed by atoms with E-state index in [4.69, 9.17) is 4.42 Å². The van der Waals surface area contributed by atoms with E-state index in [1.807, 2.05) is 12.1 Å². The van der Waals surface area contributed by atoms with Crippen LogP contribution in [0.1, 0.15) is 0 Å². The molecule has 1 heterocycles. The molecule has 1 aromatic heterocycles. The Morgan fingerprint density at radius 3 is 1.76 bits per heavy atom. The molecule has 0 N–H and O–H groups in total. The van der Waals surface area contributed by atoms with Gasteiger partial charge in [0.15, 0.2) is 0 Å². The molecule has 0 aliphatic heterocycles. The van der Waals surface area contributed by atoms with E-state index in [-0.39, 0.29) is 0 Å². The fraction of sp³-hybridized carbons (Fsp3) is 0. The molecule has 10 aromatic rings. The summed E-state index contributed by atoms with van der Waals surface area (Å²) in [4.78, 5) is 2.39. The molecule has 0 radical (unpaired) electrons. The molecule has 0 atom stereocenters. The molecular formula is C52H35NO. The standard InChI is InChI=1S/C52H35NO/c1-2-13-36(14-3-1)37-27-30-43(31-28-37)53(50-25-8-6-22-47(50)42-29-32-52-49(35-42)48-23-7-9-26-51(48)54-52)44-20-11-18-40(34-44)39-17-10-19-41(33-39)46-24-12-16-38-15-4-5-21-45(38)46/h1-35H. The predicted molar refractivity (Wildman–Crippen MR) is 228 cm³/mol. The average molecular weight is 690 g/mol.